The van der Waals surface area contributed by atoms with Crippen LogP contribution in [0.25, 0.3) is 11.1 Å². The van der Waals surface area contributed by atoms with Crippen LogP contribution in [0.5, 0.6) is 0 Å². The second-order valence-corrected chi connectivity index (χ2v) is 3.81. The number of aromatic nitrogens is 1. The highest BCUT2D eigenvalue weighted by Gasteiger charge is 2.03. The average Bonchev–Trinajstić information content (AvgIpc) is 2.46. The Balaban J connectivity index is 0.000000741. The lowest BCUT2D eigenvalue weighted by atomic mass is 10.0. The highest BCUT2D eigenvalue weighted by molar-refractivity contribution is 5.74. The maximum atomic E-state index is 5.86. The average molecular weight is 258 g/mol. The van der Waals surface area contributed by atoms with Crippen molar-refractivity contribution in [2.45, 2.75) is 41.5 Å². The van der Waals surface area contributed by atoms with Gasteiger partial charge in [-0.25, -0.2) is 4.98 Å². The van der Waals surface area contributed by atoms with Crippen LogP contribution in [0.15, 0.2) is 36.5 Å². The summed E-state index contributed by atoms with van der Waals surface area (Å²) in [7, 11) is 0. The molecule has 1 aromatic heterocycles. The third-order valence-electron chi connectivity index (χ3n) is 2.38. The lowest BCUT2D eigenvalue weighted by Gasteiger charge is -2.06. The van der Waals surface area contributed by atoms with Crippen LogP contribution in [0.1, 0.15) is 38.8 Å². The number of nitrogens with zero attached hydrogens (tertiary/aromatic N) is 1. The van der Waals surface area contributed by atoms with E-state index >= 15 is 0 Å². The molecule has 2 rings (SSSR count). The SMILES string of the molecule is CC.CC.Cc1cccc(-c2cc(C)cnc2N)c1. The number of anilines is 1. The molecule has 0 atom stereocenters. The zero-order valence-electron chi connectivity index (χ0n) is 13.0. The third-order valence-corrected chi connectivity index (χ3v) is 2.38. The molecule has 1 heterocycles. The molecular formula is C17H26N2. The lowest BCUT2D eigenvalue weighted by Crippen LogP contribution is -1.94. The van der Waals surface area contributed by atoms with E-state index < -0.39 is 0 Å². The minimum Gasteiger partial charge on any atom is -0.383 e. The fraction of sp³-hybridized carbons (Fsp3) is 0.353. The van der Waals surface area contributed by atoms with E-state index in [1.807, 2.05) is 40.7 Å². The van der Waals surface area contributed by atoms with Crippen molar-refractivity contribution in [1.29, 1.82) is 0 Å². The molecule has 0 bridgehead atoms. The van der Waals surface area contributed by atoms with Crippen molar-refractivity contribution in [1.82, 2.24) is 4.98 Å². The molecule has 0 unspecified atom stereocenters. The minimum absolute atomic E-state index is 0.589. The molecule has 0 fully saturated rings. The van der Waals surface area contributed by atoms with Crippen molar-refractivity contribution in [3.05, 3.63) is 47.7 Å². The predicted molar refractivity (Wildman–Crippen MR) is 86.3 cm³/mol. The van der Waals surface area contributed by atoms with Crippen LogP contribution in [0.2, 0.25) is 0 Å². The number of nitrogens with two attached hydrogens (primary N) is 1. The molecular weight excluding hydrogens is 232 g/mol. The van der Waals surface area contributed by atoms with Gasteiger partial charge in [-0.1, -0.05) is 57.5 Å². The van der Waals surface area contributed by atoms with E-state index in [0.29, 0.717) is 5.82 Å². The van der Waals surface area contributed by atoms with Crippen molar-refractivity contribution < 1.29 is 0 Å². The molecule has 104 valence electrons. The van der Waals surface area contributed by atoms with Crippen molar-refractivity contribution in [3.63, 3.8) is 0 Å². The highest BCUT2D eigenvalue weighted by Crippen LogP contribution is 2.25. The molecule has 2 aromatic rings. The molecule has 2 N–H and O–H groups in total. The van der Waals surface area contributed by atoms with Crippen LogP contribution in [0.4, 0.5) is 5.82 Å². The zero-order chi connectivity index (χ0) is 14.8. The molecule has 2 heteroatoms. The van der Waals surface area contributed by atoms with E-state index in [0.717, 1.165) is 16.7 Å². The quantitative estimate of drug-likeness (QED) is 0.781. The lowest BCUT2D eigenvalue weighted by molar-refractivity contribution is 1.28. The topological polar surface area (TPSA) is 38.9 Å². The van der Waals surface area contributed by atoms with Gasteiger partial charge in [0.05, 0.1) is 0 Å². The number of pyridine rings is 1. The van der Waals surface area contributed by atoms with Gasteiger partial charge in [0.2, 0.25) is 0 Å². The summed E-state index contributed by atoms with van der Waals surface area (Å²) in [6, 6.07) is 10.3. The first-order valence-corrected chi connectivity index (χ1v) is 6.96. The van der Waals surface area contributed by atoms with Gasteiger partial charge in [-0.2, -0.15) is 0 Å². The van der Waals surface area contributed by atoms with Gasteiger partial charge in [0.15, 0.2) is 0 Å². The Morgan fingerprint density at radius 2 is 1.53 bits per heavy atom. The number of aryl methyl sites for hydroxylation is 2. The largest absolute Gasteiger partial charge is 0.383 e. The summed E-state index contributed by atoms with van der Waals surface area (Å²) in [6.45, 7) is 12.1. The van der Waals surface area contributed by atoms with E-state index in [1.165, 1.54) is 5.56 Å². The molecule has 0 saturated heterocycles. The van der Waals surface area contributed by atoms with Crippen LogP contribution in [-0.2, 0) is 0 Å². The van der Waals surface area contributed by atoms with Crippen LogP contribution in [0.3, 0.4) is 0 Å². The second kappa shape index (κ2) is 9.15. The normalized spacial score (nSPS) is 8.74. The molecule has 2 nitrogen and oxygen atoms in total. The number of hydrogen-bond acceptors (Lipinski definition) is 2. The van der Waals surface area contributed by atoms with E-state index in [1.54, 1.807) is 6.20 Å². The summed E-state index contributed by atoms with van der Waals surface area (Å²) in [6.07, 6.45) is 1.79. The van der Waals surface area contributed by atoms with Crippen molar-refractivity contribution in [3.8, 4) is 11.1 Å². The number of benzene rings is 1. The molecule has 0 radical (unpaired) electrons. The maximum Gasteiger partial charge on any atom is 0.131 e. The van der Waals surface area contributed by atoms with Crippen LogP contribution in [0, 0.1) is 13.8 Å². The van der Waals surface area contributed by atoms with Gasteiger partial charge in [-0.3, -0.25) is 0 Å². The molecule has 0 spiro atoms. The molecule has 1 aromatic carbocycles. The predicted octanol–water partition coefficient (Wildman–Crippen LogP) is 5.00. The minimum atomic E-state index is 0.589. The van der Waals surface area contributed by atoms with E-state index in [9.17, 15) is 0 Å². The van der Waals surface area contributed by atoms with Gasteiger partial charge >= 0.3 is 0 Å². The Labute approximate surface area is 117 Å². The summed E-state index contributed by atoms with van der Waals surface area (Å²) in [4.78, 5) is 4.16. The first kappa shape index (κ1) is 17.2. The Morgan fingerprint density at radius 1 is 0.895 bits per heavy atom. The van der Waals surface area contributed by atoms with Crippen LogP contribution < -0.4 is 5.73 Å². The summed E-state index contributed by atoms with van der Waals surface area (Å²) < 4.78 is 0. The van der Waals surface area contributed by atoms with Crippen molar-refractivity contribution in [2.24, 2.45) is 0 Å². The molecule has 0 amide bonds. The fourth-order valence-electron chi connectivity index (χ4n) is 1.62. The van der Waals surface area contributed by atoms with E-state index in [2.05, 4.69) is 36.2 Å². The van der Waals surface area contributed by atoms with Crippen LogP contribution >= 0.6 is 0 Å². The smallest absolute Gasteiger partial charge is 0.131 e. The zero-order valence-corrected chi connectivity index (χ0v) is 13.0. The van der Waals surface area contributed by atoms with Gasteiger partial charge in [0.25, 0.3) is 0 Å². The van der Waals surface area contributed by atoms with Crippen LogP contribution in [-0.4, -0.2) is 4.98 Å². The molecule has 0 saturated carbocycles. The monoisotopic (exact) mass is 258 g/mol. The number of rotatable bonds is 1. The molecule has 19 heavy (non-hydrogen) atoms. The van der Waals surface area contributed by atoms with Crippen molar-refractivity contribution in [2.75, 3.05) is 5.73 Å². The Kier molecular flexibility index (Phi) is 8.27. The van der Waals surface area contributed by atoms with Gasteiger partial charge in [0, 0.05) is 11.8 Å². The summed E-state index contributed by atoms with van der Waals surface area (Å²) in [5.41, 5.74) is 10.4. The first-order chi connectivity index (χ1) is 9.16. The summed E-state index contributed by atoms with van der Waals surface area (Å²) >= 11 is 0. The summed E-state index contributed by atoms with van der Waals surface area (Å²) in [5.74, 6) is 0.589. The van der Waals surface area contributed by atoms with E-state index in [-0.39, 0.29) is 0 Å². The van der Waals surface area contributed by atoms with Gasteiger partial charge in [0.1, 0.15) is 5.82 Å². The van der Waals surface area contributed by atoms with Crippen molar-refractivity contribution >= 4 is 5.82 Å². The Bertz CT molecular complexity index is 490. The molecule has 0 aliphatic heterocycles. The first-order valence-electron chi connectivity index (χ1n) is 6.96. The number of nitrogen functional groups attached to an aromatic ring is 1. The Hall–Kier alpha value is -1.83. The fourth-order valence-corrected chi connectivity index (χ4v) is 1.62. The maximum absolute atomic E-state index is 5.86. The van der Waals surface area contributed by atoms with Gasteiger partial charge in [-0.05, 0) is 31.0 Å². The highest BCUT2D eigenvalue weighted by atomic mass is 14.8. The van der Waals surface area contributed by atoms with Gasteiger partial charge in [-0.15, -0.1) is 0 Å². The molecule has 0 aliphatic carbocycles. The standard InChI is InChI=1S/C13H14N2.2C2H6/c1-9-4-3-5-11(6-9)12-7-10(2)8-15-13(12)14;2*1-2/h3-8H,1-2H3,(H2,14,15);2*1-2H3. The summed E-state index contributed by atoms with van der Waals surface area (Å²) in [5, 5.41) is 0. The van der Waals surface area contributed by atoms with E-state index in [4.69, 9.17) is 5.73 Å². The Morgan fingerprint density at radius 3 is 2.11 bits per heavy atom. The number of hydrogen-bond donors (Lipinski definition) is 1. The molecule has 0 aliphatic rings. The second-order valence-electron chi connectivity index (χ2n) is 3.81. The third kappa shape index (κ3) is 5.12. The van der Waals surface area contributed by atoms with Gasteiger partial charge < -0.3 is 5.73 Å².